The number of halogens is 1. The molecule has 0 saturated carbocycles. The van der Waals surface area contributed by atoms with Gasteiger partial charge in [0.2, 0.25) is 5.91 Å². The van der Waals surface area contributed by atoms with Crippen LogP contribution in [0.2, 0.25) is 5.02 Å². The molecule has 1 N–H and O–H groups in total. The summed E-state index contributed by atoms with van der Waals surface area (Å²) in [5.41, 5.74) is 2.28. The maximum Gasteiger partial charge on any atom is 0.220 e. The number of nitrogens with zero attached hydrogens (tertiary/aromatic N) is 1. The van der Waals surface area contributed by atoms with E-state index in [-0.39, 0.29) is 5.91 Å². The summed E-state index contributed by atoms with van der Waals surface area (Å²) < 4.78 is 0. The van der Waals surface area contributed by atoms with Gasteiger partial charge in [-0.05, 0) is 36.2 Å². The Morgan fingerprint density at radius 2 is 1.77 bits per heavy atom. The van der Waals surface area contributed by atoms with Crippen molar-refractivity contribution in [3.05, 3.63) is 65.2 Å². The number of hydrogen-bond donors (Lipinski definition) is 1. The number of hydrogen-bond acceptors (Lipinski definition) is 2. The van der Waals surface area contributed by atoms with Crippen molar-refractivity contribution in [1.82, 2.24) is 5.32 Å². The van der Waals surface area contributed by atoms with E-state index in [1.807, 2.05) is 49.5 Å². The lowest BCUT2D eigenvalue weighted by Gasteiger charge is -2.19. The summed E-state index contributed by atoms with van der Waals surface area (Å²) in [7, 11) is 2.02. The van der Waals surface area contributed by atoms with E-state index >= 15 is 0 Å². The largest absolute Gasteiger partial charge is 0.373 e. The average Bonchev–Trinajstić information content (AvgIpc) is 2.55. The molecule has 3 nitrogen and oxygen atoms in total. The number of likely N-dealkylation sites (N-methyl/N-ethyl adjacent to an activating group) is 1. The predicted molar refractivity (Wildman–Crippen MR) is 92.5 cm³/mol. The fourth-order valence-electron chi connectivity index (χ4n) is 2.17. The smallest absolute Gasteiger partial charge is 0.220 e. The maximum absolute atomic E-state index is 11.8. The summed E-state index contributed by atoms with van der Waals surface area (Å²) >= 11 is 5.84. The van der Waals surface area contributed by atoms with Crippen LogP contribution in [0, 0.1) is 0 Å². The van der Waals surface area contributed by atoms with Crippen LogP contribution in [0.3, 0.4) is 0 Å². The molecule has 0 aliphatic rings. The summed E-state index contributed by atoms with van der Waals surface area (Å²) in [4.78, 5) is 14.0. The van der Waals surface area contributed by atoms with Gasteiger partial charge in [-0.15, -0.1) is 0 Å². The third-order valence-corrected chi connectivity index (χ3v) is 3.77. The first-order chi connectivity index (χ1) is 10.6. The zero-order chi connectivity index (χ0) is 15.8. The van der Waals surface area contributed by atoms with Crippen LogP contribution >= 0.6 is 11.6 Å². The van der Waals surface area contributed by atoms with E-state index in [1.54, 1.807) is 0 Å². The molecule has 0 aromatic heterocycles. The quantitative estimate of drug-likeness (QED) is 0.847. The molecule has 2 rings (SSSR count). The van der Waals surface area contributed by atoms with Crippen LogP contribution < -0.4 is 10.2 Å². The van der Waals surface area contributed by atoms with E-state index in [0.29, 0.717) is 13.0 Å². The number of aryl methyl sites for hydroxylation is 1. The monoisotopic (exact) mass is 316 g/mol. The van der Waals surface area contributed by atoms with Gasteiger partial charge in [-0.25, -0.2) is 0 Å². The van der Waals surface area contributed by atoms with Crippen LogP contribution in [-0.2, 0) is 11.2 Å². The van der Waals surface area contributed by atoms with Crippen LogP contribution in [0.15, 0.2) is 54.6 Å². The van der Waals surface area contributed by atoms with Gasteiger partial charge in [0.1, 0.15) is 0 Å². The topological polar surface area (TPSA) is 32.3 Å². The Kier molecular flexibility index (Phi) is 6.28. The number of carbonyl (C=O) groups is 1. The lowest BCUT2D eigenvalue weighted by molar-refractivity contribution is -0.120. The molecule has 22 heavy (non-hydrogen) atoms. The zero-order valence-corrected chi connectivity index (χ0v) is 13.5. The first-order valence-corrected chi connectivity index (χ1v) is 7.80. The minimum absolute atomic E-state index is 0.0800. The summed E-state index contributed by atoms with van der Waals surface area (Å²) in [5, 5.41) is 3.68. The van der Waals surface area contributed by atoms with Crippen molar-refractivity contribution in [2.24, 2.45) is 0 Å². The standard InChI is InChI=1S/C18H21ClN2O/c1-21(17-5-3-2-4-6-17)14-13-20-18(22)12-9-15-7-10-16(19)11-8-15/h2-8,10-11H,9,12-14H2,1H3,(H,20,22). The molecule has 0 fully saturated rings. The molecule has 2 aromatic carbocycles. The second-order valence-electron chi connectivity index (χ2n) is 5.23. The Balaban J connectivity index is 1.66. The third kappa shape index (κ3) is 5.41. The molecule has 0 bridgehead atoms. The predicted octanol–water partition coefficient (Wildman–Crippen LogP) is 3.53. The van der Waals surface area contributed by atoms with Crippen LogP contribution in [-0.4, -0.2) is 26.0 Å². The van der Waals surface area contributed by atoms with Crippen molar-refractivity contribution in [2.45, 2.75) is 12.8 Å². The lowest BCUT2D eigenvalue weighted by Crippen LogP contribution is -2.33. The molecule has 0 unspecified atom stereocenters. The normalized spacial score (nSPS) is 10.3. The van der Waals surface area contributed by atoms with Crippen molar-refractivity contribution in [3.8, 4) is 0 Å². The van der Waals surface area contributed by atoms with Crippen LogP contribution in [0.4, 0.5) is 5.69 Å². The SMILES string of the molecule is CN(CCNC(=O)CCc1ccc(Cl)cc1)c1ccccc1. The number of carbonyl (C=O) groups excluding carboxylic acids is 1. The van der Waals surface area contributed by atoms with E-state index in [0.717, 1.165) is 29.2 Å². The molecule has 0 spiro atoms. The molecule has 0 radical (unpaired) electrons. The van der Waals surface area contributed by atoms with E-state index in [4.69, 9.17) is 11.6 Å². The lowest BCUT2D eigenvalue weighted by atomic mass is 10.1. The van der Waals surface area contributed by atoms with E-state index in [1.165, 1.54) is 0 Å². The average molecular weight is 317 g/mol. The zero-order valence-electron chi connectivity index (χ0n) is 12.8. The van der Waals surface area contributed by atoms with Crippen molar-refractivity contribution in [1.29, 1.82) is 0 Å². The second-order valence-corrected chi connectivity index (χ2v) is 5.67. The molecule has 2 aromatic rings. The first-order valence-electron chi connectivity index (χ1n) is 7.42. The number of para-hydroxylation sites is 1. The van der Waals surface area contributed by atoms with Gasteiger partial charge in [-0.1, -0.05) is 41.9 Å². The Labute approximate surface area is 136 Å². The van der Waals surface area contributed by atoms with Crippen molar-refractivity contribution in [3.63, 3.8) is 0 Å². The van der Waals surface area contributed by atoms with Gasteiger partial charge >= 0.3 is 0 Å². The van der Waals surface area contributed by atoms with Gasteiger partial charge in [0.25, 0.3) is 0 Å². The number of benzene rings is 2. The second kappa shape index (κ2) is 8.44. The highest BCUT2D eigenvalue weighted by molar-refractivity contribution is 6.30. The number of amides is 1. The van der Waals surface area contributed by atoms with Crippen molar-refractivity contribution in [2.75, 3.05) is 25.0 Å². The number of nitrogens with one attached hydrogen (secondary N) is 1. The maximum atomic E-state index is 11.8. The summed E-state index contributed by atoms with van der Waals surface area (Å²) in [6, 6.07) is 17.7. The van der Waals surface area contributed by atoms with E-state index < -0.39 is 0 Å². The molecule has 0 aliphatic carbocycles. The molecule has 0 heterocycles. The Bertz CT molecular complexity index is 584. The first kappa shape index (κ1) is 16.4. The Hall–Kier alpha value is -2.00. The summed E-state index contributed by atoms with van der Waals surface area (Å²) in [5.74, 6) is 0.0800. The Morgan fingerprint density at radius 1 is 1.09 bits per heavy atom. The van der Waals surface area contributed by atoms with E-state index in [2.05, 4.69) is 22.3 Å². The van der Waals surface area contributed by atoms with Crippen LogP contribution in [0.5, 0.6) is 0 Å². The highest BCUT2D eigenvalue weighted by Crippen LogP contribution is 2.11. The molecule has 116 valence electrons. The van der Waals surface area contributed by atoms with Gasteiger partial charge in [0.15, 0.2) is 0 Å². The van der Waals surface area contributed by atoms with Crippen molar-refractivity contribution < 1.29 is 4.79 Å². The minimum atomic E-state index is 0.0800. The molecule has 1 amide bonds. The molecule has 4 heteroatoms. The Morgan fingerprint density at radius 3 is 2.45 bits per heavy atom. The number of anilines is 1. The van der Waals surface area contributed by atoms with Gasteiger partial charge in [0, 0.05) is 37.3 Å². The summed E-state index contributed by atoms with van der Waals surface area (Å²) in [6.07, 6.45) is 1.23. The highest BCUT2D eigenvalue weighted by Gasteiger charge is 2.04. The minimum Gasteiger partial charge on any atom is -0.373 e. The van der Waals surface area contributed by atoms with Gasteiger partial charge < -0.3 is 10.2 Å². The third-order valence-electron chi connectivity index (χ3n) is 3.52. The van der Waals surface area contributed by atoms with Crippen molar-refractivity contribution >= 4 is 23.2 Å². The molecular formula is C18H21ClN2O. The van der Waals surface area contributed by atoms with Gasteiger partial charge in [-0.3, -0.25) is 4.79 Å². The summed E-state index contributed by atoms with van der Waals surface area (Å²) in [6.45, 7) is 1.43. The van der Waals surface area contributed by atoms with Crippen LogP contribution in [0.1, 0.15) is 12.0 Å². The fraction of sp³-hybridized carbons (Fsp3) is 0.278. The molecule has 0 aliphatic heterocycles. The molecule has 0 atom stereocenters. The van der Waals surface area contributed by atoms with Crippen LogP contribution in [0.25, 0.3) is 0 Å². The number of rotatable bonds is 7. The van der Waals surface area contributed by atoms with E-state index in [9.17, 15) is 4.79 Å². The van der Waals surface area contributed by atoms with Gasteiger partial charge in [0.05, 0.1) is 0 Å². The molecule has 0 saturated heterocycles. The molecular weight excluding hydrogens is 296 g/mol. The fourth-order valence-corrected chi connectivity index (χ4v) is 2.30. The van der Waals surface area contributed by atoms with Gasteiger partial charge in [-0.2, -0.15) is 0 Å². The highest BCUT2D eigenvalue weighted by atomic mass is 35.5.